The number of para-hydroxylation sites is 1. The van der Waals surface area contributed by atoms with Crippen LogP contribution >= 0.6 is 0 Å². The number of amides is 3. The molecule has 0 bridgehead atoms. The first-order valence-corrected chi connectivity index (χ1v) is 14.7. The van der Waals surface area contributed by atoms with Crippen LogP contribution in [0.1, 0.15) is 47.2 Å². The second-order valence-corrected chi connectivity index (χ2v) is 11.6. The fourth-order valence-corrected chi connectivity index (χ4v) is 5.82. The van der Waals surface area contributed by atoms with E-state index in [-0.39, 0.29) is 35.4 Å². The molecule has 4 aromatic rings. The van der Waals surface area contributed by atoms with Crippen LogP contribution in [0.2, 0.25) is 0 Å². The molecule has 0 radical (unpaired) electrons. The van der Waals surface area contributed by atoms with Gasteiger partial charge in [0.1, 0.15) is 11.9 Å². The second-order valence-electron chi connectivity index (χ2n) is 11.6. The second kappa shape index (κ2) is 13.2. The zero-order valence-electron chi connectivity index (χ0n) is 24.8. The number of urea groups is 1. The molecule has 43 heavy (non-hydrogen) atoms. The maximum Gasteiger partial charge on any atom is 0.318 e. The highest BCUT2D eigenvalue weighted by atomic mass is 19.1. The Morgan fingerprint density at radius 2 is 1.72 bits per heavy atom. The van der Waals surface area contributed by atoms with Gasteiger partial charge in [-0.05, 0) is 80.5 Å². The fourth-order valence-electron chi connectivity index (χ4n) is 5.82. The number of nitrogens with zero attached hydrogens (tertiary/aromatic N) is 2. The minimum absolute atomic E-state index is 0.0400. The Balaban J connectivity index is 1.31. The monoisotopic (exact) mass is 583 g/mol. The predicted octanol–water partition coefficient (Wildman–Crippen LogP) is 5.78. The summed E-state index contributed by atoms with van der Waals surface area (Å²) < 4.78 is 13.3. The maximum atomic E-state index is 13.8. The van der Waals surface area contributed by atoms with E-state index in [0.29, 0.717) is 37.2 Å². The molecular weight excluding hydrogens is 545 g/mol. The van der Waals surface area contributed by atoms with Crippen LogP contribution in [0.25, 0.3) is 10.9 Å². The molecule has 9 heteroatoms. The third-order valence-electron chi connectivity index (χ3n) is 8.15. The molecule has 1 aliphatic heterocycles. The Hall–Kier alpha value is -4.50. The number of halogens is 1. The number of carbonyl (C=O) groups is 3. The number of hydrogen-bond acceptors (Lipinski definition) is 4. The van der Waals surface area contributed by atoms with Gasteiger partial charge in [0.25, 0.3) is 0 Å². The van der Waals surface area contributed by atoms with Gasteiger partial charge in [0.05, 0.1) is 0 Å². The molecular formula is C34H38FN5O3. The van der Waals surface area contributed by atoms with E-state index in [0.717, 1.165) is 28.6 Å². The predicted molar refractivity (Wildman–Crippen MR) is 167 cm³/mol. The molecule has 3 aromatic carbocycles. The number of fused-ring (bicyclic) bond motifs is 1. The van der Waals surface area contributed by atoms with Crippen molar-refractivity contribution in [3.8, 4) is 0 Å². The molecule has 224 valence electrons. The number of likely N-dealkylation sites (tertiary alicyclic amines) is 1. The Kier molecular flexibility index (Phi) is 9.21. The van der Waals surface area contributed by atoms with Crippen molar-refractivity contribution in [3.63, 3.8) is 0 Å². The number of nitrogens with one attached hydrogen (secondary N) is 3. The molecule has 5 rings (SSSR count). The van der Waals surface area contributed by atoms with Crippen molar-refractivity contribution >= 4 is 34.3 Å². The summed E-state index contributed by atoms with van der Waals surface area (Å²) in [5.41, 5.74) is 4.09. The standard InChI is InChI=1S/C34H38FN5O3/c1-22(29-20-36-30-10-5-4-9-28(29)30)31(33(42)37-27-8-6-7-23(19-27)21-39(2)3)38-34(43)40-17-15-25(16-18-40)32(41)24-11-13-26(35)14-12-24/h4-14,19-20,22,25,31,36H,15-18,21H2,1-3H3,(H,37,42)(H,38,43). The van der Waals surface area contributed by atoms with Gasteiger partial charge in [-0.25, -0.2) is 9.18 Å². The molecule has 2 atom stereocenters. The summed E-state index contributed by atoms with van der Waals surface area (Å²) in [6, 6.07) is 19.9. The van der Waals surface area contributed by atoms with Crippen molar-refractivity contribution in [3.05, 3.63) is 102 Å². The number of H-pyrrole nitrogens is 1. The number of ketones is 1. The van der Waals surface area contributed by atoms with Crippen LogP contribution in [0.15, 0.2) is 79.0 Å². The third-order valence-corrected chi connectivity index (χ3v) is 8.15. The highest BCUT2D eigenvalue weighted by molar-refractivity contribution is 5.99. The zero-order valence-corrected chi connectivity index (χ0v) is 24.8. The topological polar surface area (TPSA) is 97.5 Å². The van der Waals surface area contributed by atoms with E-state index in [9.17, 15) is 18.8 Å². The lowest BCUT2D eigenvalue weighted by Crippen LogP contribution is -2.53. The van der Waals surface area contributed by atoms with E-state index >= 15 is 0 Å². The lowest BCUT2D eigenvalue weighted by Gasteiger charge is -2.33. The lowest BCUT2D eigenvalue weighted by atomic mass is 9.89. The number of rotatable bonds is 9. The van der Waals surface area contributed by atoms with Gasteiger partial charge in [0.2, 0.25) is 5.91 Å². The van der Waals surface area contributed by atoms with Crippen LogP contribution in [-0.2, 0) is 11.3 Å². The number of Topliss-reactive ketones (excluding diaryl/α,β-unsaturated/α-hetero) is 1. The first-order chi connectivity index (χ1) is 20.7. The molecule has 3 N–H and O–H groups in total. The summed E-state index contributed by atoms with van der Waals surface area (Å²) in [6.07, 6.45) is 2.89. The first-order valence-electron chi connectivity index (χ1n) is 14.7. The molecule has 0 spiro atoms. The number of aromatic amines is 1. The molecule has 1 saturated heterocycles. The molecule has 2 unspecified atom stereocenters. The quantitative estimate of drug-likeness (QED) is 0.218. The Labute approximate surface area is 251 Å². The number of aromatic nitrogens is 1. The van der Waals surface area contributed by atoms with Gasteiger partial charge in [-0.2, -0.15) is 0 Å². The smallest absolute Gasteiger partial charge is 0.318 e. The Bertz CT molecular complexity index is 1590. The summed E-state index contributed by atoms with van der Waals surface area (Å²) >= 11 is 0. The van der Waals surface area contributed by atoms with Gasteiger partial charge in [-0.3, -0.25) is 9.59 Å². The maximum absolute atomic E-state index is 13.8. The number of piperidine rings is 1. The van der Waals surface area contributed by atoms with Gasteiger partial charge in [-0.1, -0.05) is 37.3 Å². The normalized spacial score (nSPS) is 15.3. The number of carbonyl (C=O) groups excluding carboxylic acids is 3. The molecule has 3 amide bonds. The average Bonchev–Trinajstić information content (AvgIpc) is 3.44. The van der Waals surface area contributed by atoms with Crippen molar-refractivity contribution in [2.45, 2.75) is 38.3 Å². The number of benzene rings is 3. The van der Waals surface area contributed by atoms with Crippen molar-refractivity contribution < 1.29 is 18.8 Å². The van der Waals surface area contributed by atoms with Crippen LogP contribution in [-0.4, -0.2) is 65.7 Å². The molecule has 2 heterocycles. The Morgan fingerprint density at radius 3 is 2.44 bits per heavy atom. The molecule has 1 aromatic heterocycles. The summed E-state index contributed by atoms with van der Waals surface area (Å²) in [5.74, 6) is -1.32. The van der Waals surface area contributed by atoms with Gasteiger partial charge < -0.3 is 25.4 Å². The number of hydrogen-bond donors (Lipinski definition) is 3. The minimum Gasteiger partial charge on any atom is -0.361 e. The van der Waals surface area contributed by atoms with E-state index in [4.69, 9.17) is 0 Å². The van der Waals surface area contributed by atoms with Crippen molar-refractivity contribution in [2.75, 3.05) is 32.5 Å². The first kappa shape index (κ1) is 30.0. The zero-order chi connectivity index (χ0) is 30.5. The third kappa shape index (κ3) is 7.11. The van der Waals surface area contributed by atoms with Gasteiger partial charge in [-0.15, -0.1) is 0 Å². The van der Waals surface area contributed by atoms with E-state index in [1.807, 2.05) is 75.7 Å². The van der Waals surface area contributed by atoms with Crippen LogP contribution in [0.5, 0.6) is 0 Å². The fraction of sp³-hybridized carbons (Fsp3) is 0.324. The molecule has 1 aliphatic rings. The molecule has 0 saturated carbocycles. The van der Waals surface area contributed by atoms with Crippen LogP contribution < -0.4 is 10.6 Å². The molecule has 1 fully saturated rings. The summed E-state index contributed by atoms with van der Waals surface area (Å²) in [6.45, 7) is 3.43. The largest absolute Gasteiger partial charge is 0.361 e. The molecule has 8 nitrogen and oxygen atoms in total. The SMILES string of the molecule is CC(c1c[nH]c2ccccc12)C(NC(=O)N1CCC(C(=O)c2ccc(F)cc2)CC1)C(=O)Nc1cccc(CN(C)C)c1. The van der Waals surface area contributed by atoms with Crippen molar-refractivity contribution in [1.29, 1.82) is 0 Å². The van der Waals surface area contributed by atoms with Crippen LogP contribution in [0.3, 0.4) is 0 Å². The van der Waals surface area contributed by atoms with Crippen molar-refractivity contribution in [2.24, 2.45) is 5.92 Å². The highest BCUT2D eigenvalue weighted by Crippen LogP contribution is 2.29. The highest BCUT2D eigenvalue weighted by Gasteiger charge is 2.33. The van der Waals surface area contributed by atoms with Gasteiger partial charge in [0, 0.05) is 59.8 Å². The van der Waals surface area contributed by atoms with E-state index < -0.39 is 6.04 Å². The average molecular weight is 584 g/mol. The minimum atomic E-state index is -0.859. The Morgan fingerprint density at radius 1 is 1.00 bits per heavy atom. The summed E-state index contributed by atoms with van der Waals surface area (Å²) in [5, 5.41) is 7.04. The van der Waals surface area contributed by atoms with E-state index in [1.54, 1.807) is 4.90 Å². The van der Waals surface area contributed by atoms with Gasteiger partial charge >= 0.3 is 6.03 Å². The van der Waals surface area contributed by atoms with E-state index in [1.165, 1.54) is 24.3 Å². The van der Waals surface area contributed by atoms with Gasteiger partial charge in [0.15, 0.2) is 5.78 Å². The summed E-state index contributed by atoms with van der Waals surface area (Å²) in [4.78, 5) is 47.3. The lowest BCUT2D eigenvalue weighted by molar-refractivity contribution is -0.118. The van der Waals surface area contributed by atoms with Crippen molar-refractivity contribution in [1.82, 2.24) is 20.1 Å². The van der Waals surface area contributed by atoms with E-state index in [2.05, 4.69) is 20.5 Å². The molecule has 0 aliphatic carbocycles. The van der Waals surface area contributed by atoms with Crippen LogP contribution in [0, 0.1) is 11.7 Å². The number of anilines is 1. The summed E-state index contributed by atoms with van der Waals surface area (Å²) in [7, 11) is 3.97. The van der Waals surface area contributed by atoms with Crippen LogP contribution in [0.4, 0.5) is 14.9 Å².